The molecule has 0 rings (SSSR count). The van der Waals surface area contributed by atoms with E-state index in [-0.39, 0.29) is 18.5 Å². The second-order valence-corrected chi connectivity index (χ2v) is 14.6. The van der Waals surface area contributed by atoms with Crippen molar-refractivity contribution >= 4 is 11.9 Å². The highest BCUT2D eigenvalue weighted by Crippen LogP contribution is 2.15. The van der Waals surface area contributed by atoms with Crippen LogP contribution in [-0.4, -0.2) is 37.9 Å². The van der Waals surface area contributed by atoms with Gasteiger partial charge in [-0.3, -0.25) is 9.59 Å². The molecule has 5 heteroatoms. The highest BCUT2D eigenvalue weighted by molar-refractivity contribution is 5.70. The molecule has 0 saturated carbocycles. The second-order valence-electron chi connectivity index (χ2n) is 14.6. The third kappa shape index (κ3) is 37.7. The highest BCUT2D eigenvalue weighted by atomic mass is 16.6. The van der Waals surface area contributed by atoms with E-state index in [1.54, 1.807) is 0 Å². The predicted octanol–water partition coefficient (Wildman–Crippen LogP) is 13.8. The average Bonchev–Trinajstić information content (AvgIpc) is 3.08. The van der Waals surface area contributed by atoms with E-state index < -0.39 is 6.10 Å². The minimum absolute atomic E-state index is 0.0948. The van der Waals surface area contributed by atoms with Crippen LogP contribution in [0.1, 0.15) is 239 Å². The third-order valence-corrected chi connectivity index (χ3v) is 9.64. The number of hydrogen-bond acceptors (Lipinski definition) is 5. The topological polar surface area (TPSA) is 61.8 Å². The fraction of sp³-hybridized carbons (Fsp3) is 0.953. The summed E-state index contributed by atoms with van der Waals surface area (Å²) in [6.45, 7) is 7.80. The molecule has 0 aromatic heterocycles. The predicted molar refractivity (Wildman–Crippen MR) is 206 cm³/mol. The van der Waals surface area contributed by atoms with Gasteiger partial charge in [-0.2, -0.15) is 0 Å². The summed E-state index contributed by atoms with van der Waals surface area (Å²) in [6, 6.07) is 0. The lowest BCUT2D eigenvalue weighted by molar-refractivity contribution is -0.163. The smallest absolute Gasteiger partial charge is 0.306 e. The molecule has 0 heterocycles. The van der Waals surface area contributed by atoms with Gasteiger partial charge in [-0.05, 0) is 19.3 Å². The third-order valence-electron chi connectivity index (χ3n) is 9.64. The van der Waals surface area contributed by atoms with Crippen molar-refractivity contribution in [2.24, 2.45) is 0 Å². The van der Waals surface area contributed by atoms with E-state index >= 15 is 0 Å². The lowest BCUT2D eigenvalue weighted by atomic mass is 10.0. The Hall–Kier alpha value is -1.10. The first-order valence-electron chi connectivity index (χ1n) is 21.6. The Labute approximate surface area is 300 Å². The van der Waals surface area contributed by atoms with Crippen LogP contribution in [0.3, 0.4) is 0 Å². The maximum absolute atomic E-state index is 12.5. The van der Waals surface area contributed by atoms with E-state index in [4.69, 9.17) is 14.2 Å². The van der Waals surface area contributed by atoms with Crippen LogP contribution in [0.2, 0.25) is 0 Å². The zero-order chi connectivity index (χ0) is 35.0. The Morgan fingerprint density at radius 2 is 0.688 bits per heavy atom. The molecule has 0 aromatic carbocycles. The first kappa shape index (κ1) is 46.9. The van der Waals surface area contributed by atoms with Gasteiger partial charge in [-0.1, -0.05) is 207 Å². The summed E-state index contributed by atoms with van der Waals surface area (Å²) >= 11 is 0. The molecule has 0 amide bonds. The molecule has 0 N–H and O–H groups in total. The molecule has 0 fully saturated rings. The summed E-state index contributed by atoms with van der Waals surface area (Å²) in [7, 11) is 0. The van der Waals surface area contributed by atoms with Crippen molar-refractivity contribution < 1.29 is 23.8 Å². The molecule has 0 spiro atoms. The zero-order valence-corrected chi connectivity index (χ0v) is 32.8. The van der Waals surface area contributed by atoms with Crippen LogP contribution in [-0.2, 0) is 23.8 Å². The fourth-order valence-electron chi connectivity index (χ4n) is 6.39. The Morgan fingerprint density at radius 1 is 0.375 bits per heavy atom. The van der Waals surface area contributed by atoms with E-state index in [0.29, 0.717) is 26.1 Å². The first-order valence-corrected chi connectivity index (χ1v) is 21.6. The summed E-state index contributed by atoms with van der Waals surface area (Å²) in [4.78, 5) is 24.9. The van der Waals surface area contributed by atoms with Crippen LogP contribution >= 0.6 is 0 Å². The molecule has 0 aliphatic rings. The Bertz CT molecular complexity index is 651. The monoisotopic (exact) mass is 681 g/mol. The minimum Gasteiger partial charge on any atom is -0.462 e. The number of unbranched alkanes of at least 4 members (excludes halogenated alkanes) is 29. The van der Waals surface area contributed by atoms with Crippen LogP contribution in [0.15, 0.2) is 0 Å². The SMILES string of the molecule is CCCCCCCCCCCCCCCCCC(=O)OCC(COCCCCCCCCCCCCCC)OC(=O)CCCCCCC. The molecule has 0 aliphatic heterocycles. The first-order chi connectivity index (χ1) is 23.6. The van der Waals surface area contributed by atoms with Crippen LogP contribution in [0, 0.1) is 0 Å². The van der Waals surface area contributed by atoms with Gasteiger partial charge in [0.2, 0.25) is 0 Å². The average molecular weight is 681 g/mol. The van der Waals surface area contributed by atoms with Crippen molar-refractivity contribution in [3.8, 4) is 0 Å². The minimum atomic E-state index is -0.518. The van der Waals surface area contributed by atoms with E-state index in [0.717, 1.165) is 38.5 Å². The quantitative estimate of drug-likeness (QED) is 0.0476. The number of esters is 2. The molecule has 1 unspecified atom stereocenters. The molecule has 5 nitrogen and oxygen atoms in total. The standard InChI is InChI=1S/C43H84O5/c1-4-7-10-13-15-17-19-21-22-23-24-26-28-31-33-36-42(44)47-40-41(48-43(45)37-34-30-12-9-6-3)39-46-38-35-32-29-27-25-20-18-16-14-11-8-5-2/h41H,4-40H2,1-3H3. The van der Waals surface area contributed by atoms with Crippen molar-refractivity contribution in [1.29, 1.82) is 0 Å². The van der Waals surface area contributed by atoms with Gasteiger partial charge < -0.3 is 14.2 Å². The largest absolute Gasteiger partial charge is 0.462 e. The Morgan fingerprint density at radius 3 is 1.06 bits per heavy atom. The lowest BCUT2D eigenvalue weighted by Gasteiger charge is -2.18. The molecular weight excluding hydrogens is 596 g/mol. The van der Waals surface area contributed by atoms with Gasteiger partial charge in [-0.15, -0.1) is 0 Å². The molecule has 48 heavy (non-hydrogen) atoms. The maximum atomic E-state index is 12.5. The molecule has 0 radical (unpaired) electrons. The van der Waals surface area contributed by atoms with Gasteiger partial charge in [0.15, 0.2) is 6.10 Å². The number of ether oxygens (including phenoxy) is 3. The second kappa shape index (κ2) is 40.3. The van der Waals surface area contributed by atoms with Crippen molar-refractivity contribution in [3.63, 3.8) is 0 Å². The van der Waals surface area contributed by atoms with Gasteiger partial charge in [0.05, 0.1) is 6.61 Å². The fourth-order valence-corrected chi connectivity index (χ4v) is 6.39. The summed E-state index contributed by atoms with van der Waals surface area (Å²) in [5.74, 6) is -0.393. The molecule has 1 atom stereocenters. The molecular formula is C43H84O5. The van der Waals surface area contributed by atoms with Gasteiger partial charge in [0.1, 0.15) is 6.61 Å². The van der Waals surface area contributed by atoms with Crippen molar-refractivity contribution in [1.82, 2.24) is 0 Å². The molecule has 0 aromatic rings. The van der Waals surface area contributed by atoms with Crippen molar-refractivity contribution in [2.45, 2.75) is 245 Å². The number of carbonyl (C=O) groups excluding carboxylic acids is 2. The molecule has 0 bridgehead atoms. The molecule has 0 aliphatic carbocycles. The number of carbonyl (C=O) groups is 2. The lowest BCUT2D eigenvalue weighted by Crippen LogP contribution is -2.30. The summed E-state index contributed by atoms with van der Waals surface area (Å²) in [5, 5.41) is 0. The normalized spacial score (nSPS) is 12.0. The van der Waals surface area contributed by atoms with Gasteiger partial charge in [0, 0.05) is 19.4 Å². The summed E-state index contributed by atoms with van der Waals surface area (Å²) < 4.78 is 17.2. The highest BCUT2D eigenvalue weighted by Gasteiger charge is 2.17. The Kier molecular flexibility index (Phi) is 39.4. The van der Waals surface area contributed by atoms with E-state index in [1.807, 2.05) is 0 Å². The van der Waals surface area contributed by atoms with Crippen LogP contribution in [0.4, 0.5) is 0 Å². The Balaban J connectivity index is 4.01. The number of hydrogen-bond donors (Lipinski definition) is 0. The summed E-state index contributed by atoms with van der Waals surface area (Å²) in [6.07, 6.45) is 41.2. The molecule has 0 saturated heterocycles. The van der Waals surface area contributed by atoms with Gasteiger partial charge in [0.25, 0.3) is 0 Å². The van der Waals surface area contributed by atoms with Gasteiger partial charge >= 0.3 is 11.9 Å². The number of rotatable bonds is 40. The van der Waals surface area contributed by atoms with Crippen molar-refractivity contribution in [3.05, 3.63) is 0 Å². The van der Waals surface area contributed by atoms with Gasteiger partial charge in [-0.25, -0.2) is 0 Å². The van der Waals surface area contributed by atoms with Crippen LogP contribution in [0.5, 0.6) is 0 Å². The zero-order valence-electron chi connectivity index (χ0n) is 32.8. The van der Waals surface area contributed by atoms with E-state index in [2.05, 4.69) is 20.8 Å². The molecule has 286 valence electrons. The van der Waals surface area contributed by atoms with E-state index in [9.17, 15) is 9.59 Å². The maximum Gasteiger partial charge on any atom is 0.306 e. The van der Waals surface area contributed by atoms with Crippen LogP contribution in [0.25, 0.3) is 0 Å². The van der Waals surface area contributed by atoms with E-state index in [1.165, 1.54) is 167 Å². The van der Waals surface area contributed by atoms with Crippen molar-refractivity contribution in [2.75, 3.05) is 19.8 Å². The summed E-state index contributed by atoms with van der Waals surface area (Å²) in [5.41, 5.74) is 0. The van der Waals surface area contributed by atoms with Crippen LogP contribution < -0.4 is 0 Å².